The van der Waals surface area contributed by atoms with Crippen molar-refractivity contribution in [3.63, 3.8) is 0 Å². The maximum atomic E-state index is 13.0. The summed E-state index contributed by atoms with van der Waals surface area (Å²) >= 11 is 12.7. The molecule has 0 spiro atoms. The molecule has 3 aromatic carbocycles. The number of rotatable bonds is 7. The zero-order valence-corrected chi connectivity index (χ0v) is 22.4. The first kappa shape index (κ1) is 25.1. The zero-order chi connectivity index (χ0) is 24.9. The van der Waals surface area contributed by atoms with Crippen LogP contribution in [0, 0.1) is 0 Å². The highest BCUT2D eigenvalue weighted by Crippen LogP contribution is 2.26. The first-order valence-electron chi connectivity index (χ1n) is 10.6. The van der Waals surface area contributed by atoms with Crippen molar-refractivity contribution in [1.82, 2.24) is 9.66 Å². The summed E-state index contributed by atoms with van der Waals surface area (Å²) in [5.74, 6) is 0.760. The van der Waals surface area contributed by atoms with Gasteiger partial charge in [-0.2, -0.15) is 9.78 Å². The molecule has 0 atom stereocenters. The van der Waals surface area contributed by atoms with E-state index in [2.05, 4.69) is 47.3 Å². The van der Waals surface area contributed by atoms with Crippen LogP contribution in [0.4, 0.5) is 5.69 Å². The van der Waals surface area contributed by atoms with Gasteiger partial charge < -0.3 is 10.1 Å². The van der Waals surface area contributed by atoms with E-state index in [4.69, 9.17) is 16.3 Å². The van der Waals surface area contributed by atoms with Gasteiger partial charge in [-0.25, -0.2) is 4.98 Å². The van der Waals surface area contributed by atoms with E-state index in [0.29, 0.717) is 44.1 Å². The Labute approximate surface area is 223 Å². The van der Waals surface area contributed by atoms with Gasteiger partial charge in [0.2, 0.25) is 0 Å². The van der Waals surface area contributed by atoms with Gasteiger partial charge in [-0.15, -0.1) is 0 Å². The number of nitrogens with one attached hydrogen (secondary N) is 1. The number of nitrogens with zero attached hydrogens (tertiary/aromatic N) is 3. The van der Waals surface area contributed by atoms with Crippen LogP contribution >= 0.6 is 43.5 Å². The van der Waals surface area contributed by atoms with E-state index in [9.17, 15) is 9.59 Å². The Hall–Kier alpha value is -3.01. The van der Waals surface area contributed by atoms with Crippen LogP contribution in [0.15, 0.2) is 79.5 Å². The average Bonchev–Trinajstić information content (AvgIpc) is 2.84. The Morgan fingerprint density at radius 3 is 2.63 bits per heavy atom. The summed E-state index contributed by atoms with van der Waals surface area (Å²) in [7, 11) is 0. The van der Waals surface area contributed by atoms with E-state index in [-0.39, 0.29) is 18.1 Å². The molecule has 4 aromatic rings. The molecule has 10 heteroatoms. The maximum absolute atomic E-state index is 13.0. The third-order valence-corrected chi connectivity index (χ3v) is 6.32. The number of carbonyl (C=O) groups is 1. The van der Waals surface area contributed by atoms with Crippen LogP contribution in [0.5, 0.6) is 5.75 Å². The van der Waals surface area contributed by atoms with Crippen LogP contribution in [0.2, 0.25) is 5.02 Å². The van der Waals surface area contributed by atoms with Gasteiger partial charge >= 0.3 is 0 Å². The number of benzene rings is 3. The van der Waals surface area contributed by atoms with Gasteiger partial charge in [-0.3, -0.25) is 9.59 Å². The molecule has 1 heterocycles. The quantitative estimate of drug-likeness (QED) is 0.256. The number of fused-ring (bicyclic) bond motifs is 1. The lowest BCUT2D eigenvalue weighted by Crippen LogP contribution is -2.22. The summed E-state index contributed by atoms with van der Waals surface area (Å²) in [6.45, 7) is 1.76. The van der Waals surface area contributed by atoms with Crippen molar-refractivity contribution in [3.8, 4) is 5.75 Å². The predicted molar refractivity (Wildman–Crippen MR) is 146 cm³/mol. The van der Waals surface area contributed by atoms with Gasteiger partial charge in [-0.1, -0.05) is 34.5 Å². The molecule has 0 bridgehead atoms. The van der Waals surface area contributed by atoms with Crippen molar-refractivity contribution < 1.29 is 9.53 Å². The van der Waals surface area contributed by atoms with Crippen LogP contribution in [-0.4, -0.2) is 28.4 Å². The third-order valence-electron chi connectivity index (χ3n) is 4.96. The van der Waals surface area contributed by atoms with Crippen LogP contribution in [-0.2, 0) is 11.2 Å². The lowest BCUT2D eigenvalue weighted by molar-refractivity contribution is -0.118. The van der Waals surface area contributed by atoms with Crippen molar-refractivity contribution in [2.75, 3.05) is 11.9 Å². The number of ether oxygens (including phenoxy) is 1. The monoisotopic (exact) mass is 616 g/mol. The normalized spacial score (nSPS) is 11.2. The van der Waals surface area contributed by atoms with Gasteiger partial charge in [0.15, 0.2) is 6.61 Å². The smallest absolute Gasteiger partial charge is 0.282 e. The SMILES string of the molecule is CCc1nc2ccc(Br)cc2c(=O)n1N=Cc1ccc(OCC(=O)Nc2ccc(Cl)cc2)c(Br)c1. The minimum absolute atomic E-state index is 0.164. The van der Waals surface area contributed by atoms with E-state index >= 15 is 0 Å². The highest BCUT2D eigenvalue weighted by molar-refractivity contribution is 9.10. The van der Waals surface area contributed by atoms with Crippen LogP contribution in [0.25, 0.3) is 10.9 Å². The van der Waals surface area contributed by atoms with Crippen molar-refractivity contribution in [1.29, 1.82) is 0 Å². The van der Waals surface area contributed by atoms with Gasteiger partial charge in [0.1, 0.15) is 11.6 Å². The number of carbonyl (C=O) groups excluding carboxylic acids is 1. The summed E-state index contributed by atoms with van der Waals surface area (Å²) in [6, 6.07) is 17.5. The molecule has 0 aliphatic carbocycles. The number of halogens is 3. The summed E-state index contributed by atoms with van der Waals surface area (Å²) in [6.07, 6.45) is 2.13. The molecule has 0 saturated heterocycles. The van der Waals surface area contributed by atoms with Crippen molar-refractivity contribution >= 4 is 72.2 Å². The summed E-state index contributed by atoms with van der Waals surface area (Å²) in [5, 5.41) is 8.20. The lowest BCUT2D eigenvalue weighted by atomic mass is 10.2. The molecular formula is C25H19Br2ClN4O3. The van der Waals surface area contributed by atoms with Gasteiger partial charge in [0, 0.05) is 21.6 Å². The molecule has 4 rings (SSSR count). The second kappa shape index (κ2) is 11.2. The van der Waals surface area contributed by atoms with Crippen molar-refractivity contribution in [3.05, 3.63) is 96.4 Å². The highest BCUT2D eigenvalue weighted by Gasteiger charge is 2.10. The van der Waals surface area contributed by atoms with Crippen LogP contribution < -0.4 is 15.6 Å². The standard InChI is InChI=1S/C25H19Br2ClN4O3/c1-2-23-31-21-9-4-16(26)12-19(21)25(34)32(23)29-13-15-3-10-22(20(27)11-15)35-14-24(33)30-18-7-5-17(28)6-8-18/h3-13H,2,14H2,1H3,(H,30,33). The Kier molecular flexibility index (Phi) is 8.00. The second-order valence-corrected chi connectivity index (χ2v) is 9.64. The molecule has 35 heavy (non-hydrogen) atoms. The maximum Gasteiger partial charge on any atom is 0.282 e. The number of hydrogen-bond acceptors (Lipinski definition) is 5. The van der Waals surface area contributed by atoms with E-state index < -0.39 is 0 Å². The minimum Gasteiger partial charge on any atom is -0.483 e. The molecular weight excluding hydrogens is 600 g/mol. The molecule has 178 valence electrons. The fourth-order valence-electron chi connectivity index (χ4n) is 3.26. The fraction of sp³-hybridized carbons (Fsp3) is 0.120. The Morgan fingerprint density at radius 1 is 1.14 bits per heavy atom. The largest absolute Gasteiger partial charge is 0.483 e. The van der Waals surface area contributed by atoms with E-state index in [1.165, 1.54) is 4.68 Å². The molecule has 0 radical (unpaired) electrons. The molecule has 0 unspecified atom stereocenters. The molecule has 1 N–H and O–H groups in total. The van der Waals surface area contributed by atoms with Gasteiger partial charge in [0.25, 0.3) is 11.5 Å². The highest BCUT2D eigenvalue weighted by atomic mass is 79.9. The topological polar surface area (TPSA) is 85.6 Å². The Balaban J connectivity index is 1.48. The molecule has 0 fully saturated rings. The minimum atomic E-state index is -0.299. The van der Waals surface area contributed by atoms with Crippen molar-refractivity contribution in [2.45, 2.75) is 13.3 Å². The van der Waals surface area contributed by atoms with Crippen LogP contribution in [0.1, 0.15) is 18.3 Å². The van der Waals surface area contributed by atoms with Gasteiger partial charge in [-0.05, 0) is 82.2 Å². The molecule has 1 aromatic heterocycles. The first-order valence-corrected chi connectivity index (χ1v) is 12.5. The first-order chi connectivity index (χ1) is 16.8. The Bertz CT molecular complexity index is 1490. The predicted octanol–water partition coefficient (Wildman–Crippen LogP) is 6.04. The number of hydrogen-bond donors (Lipinski definition) is 1. The van der Waals surface area contributed by atoms with E-state index in [1.54, 1.807) is 60.8 Å². The number of aromatic nitrogens is 2. The Morgan fingerprint density at radius 2 is 1.91 bits per heavy atom. The second-order valence-electron chi connectivity index (χ2n) is 7.44. The summed E-state index contributed by atoms with van der Waals surface area (Å²) in [4.78, 5) is 29.8. The number of amides is 1. The molecule has 1 amide bonds. The van der Waals surface area contributed by atoms with Crippen molar-refractivity contribution in [2.24, 2.45) is 5.10 Å². The summed E-state index contributed by atoms with van der Waals surface area (Å²) < 4.78 is 8.38. The van der Waals surface area contributed by atoms with Gasteiger partial charge in [0.05, 0.1) is 21.6 Å². The zero-order valence-electron chi connectivity index (χ0n) is 18.5. The fourth-order valence-corrected chi connectivity index (χ4v) is 4.25. The summed E-state index contributed by atoms with van der Waals surface area (Å²) in [5.41, 5.74) is 1.75. The number of aryl methyl sites for hydroxylation is 1. The number of anilines is 1. The lowest BCUT2D eigenvalue weighted by Gasteiger charge is -2.10. The molecule has 0 aliphatic heterocycles. The van der Waals surface area contributed by atoms with E-state index in [0.717, 1.165) is 10.0 Å². The third kappa shape index (κ3) is 6.17. The molecule has 0 saturated carbocycles. The molecule has 7 nitrogen and oxygen atoms in total. The average molecular weight is 619 g/mol. The van der Waals surface area contributed by atoms with E-state index in [1.807, 2.05) is 13.0 Å². The van der Waals surface area contributed by atoms with Crippen LogP contribution in [0.3, 0.4) is 0 Å². The molecule has 0 aliphatic rings.